The summed E-state index contributed by atoms with van der Waals surface area (Å²) in [5.41, 5.74) is 10.5. The topological polar surface area (TPSA) is 148 Å². The number of carbonyl (C=O) groups excluding carboxylic acids is 2. The van der Waals surface area contributed by atoms with E-state index in [-0.39, 0.29) is 24.5 Å². The normalized spacial score (nSPS) is 17.1. The number of hydrogen-bond donors (Lipinski definition) is 5. The summed E-state index contributed by atoms with van der Waals surface area (Å²) in [4.78, 5) is 29.3. The Morgan fingerprint density at radius 2 is 1.95 bits per heavy atom. The van der Waals surface area contributed by atoms with Crippen molar-refractivity contribution in [3.05, 3.63) is 53.2 Å². The van der Waals surface area contributed by atoms with Gasteiger partial charge in [-0.25, -0.2) is 0 Å². The molecule has 1 aromatic heterocycles. The van der Waals surface area contributed by atoms with Crippen LogP contribution in [0.1, 0.15) is 43.9 Å². The Morgan fingerprint density at radius 3 is 2.62 bits per heavy atom. The molecule has 6 N–H and O–H groups in total. The van der Waals surface area contributed by atoms with Crippen LogP contribution in [-0.2, 0) is 29.0 Å². The lowest BCUT2D eigenvalue weighted by molar-refractivity contribution is -0.123. The Kier molecular flexibility index (Phi) is 8.75. The lowest BCUT2D eigenvalue weighted by Crippen LogP contribution is -2.40. The van der Waals surface area contributed by atoms with Crippen molar-refractivity contribution < 1.29 is 24.2 Å². The molecule has 2 aromatic carbocycles. The molecule has 10 heteroatoms. The molecule has 0 saturated carbocycles. The van der Waals surface area contributed by atoms with Gasteiger partial charge in [0.25, 0.3) is 0 Å². The van der Waals surface area contributed by atoms with E-state index in [0.717, 1.165) is 22.2 Å². The molecule has 1 aliphatic heterocycles. The third-order valence-electron chi connectivity index (χ3n) is 6.72. The average Bonchev–Trinajstić information content (AvgIpc) is 3.43. The highest BCUT2D eigenvalue weighted by molar-refractivity contribution is 5.98. The molecule has 2 heterocycles. The van der Waals surface area contributed by atoms with Crippen LogP contribution >= 0.6 is 0 Å². The number of nitrogens with one attached hydrogen (secondary N) is 3. The molecule has 10 nitrogen and oxygen atoms in total. The van der Waals surface area contributed by atoms with Crippen LogP contribution in [0.25, 0.3) is 10.9 Å². The van der Waals surface area contributed by atoms with Crippen LogP contribution in [-0.4, -0.2) is 55.2 Å². The number of aromatic nitrogens is 1. The Labute approximate surface area is 229 Å². The Balaban J connectivity index is 1.68. The molecule has 4 rings (SSSR count). The molecule has 1 saturated heterocycles. The number of ether oxygens (including phenoxy) is 2. The summed E-state index contributed by atoms with van der Waals surface area (Å²) in [5, 5.41) is 15.0. The molecule has 3 aromatic rings. The number of fused-ring (bicyclic) bond motifs is 1. The second-order valence-corrected chi connectivity index (χ2v) is 9.44. The van der Waals surface area contributed by atoms with Crippen LogP contribution in [0.2, 0.25) is 0 Å². The van der Waals surface area contributed by atoms with Gasteiger partial charge in [-0.1, -0.05) is 19.1 Å². The maximum absolute atomic E-state index is 12.7. The van der Waals surface area contributed by atoms with Crippen molar-refractivity contribution in [3.8, 4) is 11.5 Å². The summed E-state index contributed by atoms with van der Waals surface area (Å²) < 4.78 is 18.7. The Bertz CT molecular complexity index is 1370. The number of aliphatic hydroxyl groups excluding tert-OH is 1. The van der Waals surface area contributed by atoms with E-state index in [1.807, 2.05) is 44.2 Å². The number of rotatable bonds is 13. The molecular weight excluding hydrogens is 498 g/mol. The highest BCUT2D eigenvalue weighted by Gasteiger charge is 2.28. The molecule has 208 valence electrons. The monoisotopic (exact) mass is 536 g/mol. The minimum atomic E-state index is -0.467. The molecule has 39 heavy (non-hydrogen) atoms. The fourth-order valence-corrected chi connectivity index (χ4v) is 4.93. The second kappa shape index (κ2) is 12.8. The zero-order valence-corrected chi connectivity index (χ0v) is 22.6. The number of β-amino-alcohol motifs (C(OH)–C–C–N with tert-alkyl or cyclic N) is 1. The summed E-state index contributed by atoms with van der Waals surface area (Å²) in [6.45, 7) is 7.63. The number of amides is 2. The van der Waals surface area contributed by atoms with Crippen molar-refractivity contribution in [2.45, 2.75) is 58.7 Å². The summed E-state index contributed by atoms with van der Waals surface area (Å²) in [6.07, 6.45) is 2.55. The van der Waals surface area contributed by atoms with E-state index in [9.17, 15) is 9.59 Å². The zero-order valence-electron chi connectivity index (χ0n) is 23.6. The minimum absolute atomic E-state index is 0.0110. The van der Waals surface area contributed by atoms with Gasteiger partial charge in [0, 0.05) is 42.0 Å². The highest BCUT2D eigenvalue weighted by atomic mass is 16.5. The molecule has 0 unspecified atom stereocenters. The molecule has 0 bridgehead atoms. The fraction of sp³-hybridized carbons (Fsp3) is 0.414. The van der Waals surface area contributed by atoms with E-state index in [1.165, 1.54) is 0 Å². The summed E-state index contributed by atoms with van der Waals surface area (Å²) >= 11 is 0. The number of pyridine rings is 1. The average molecular weight is 537 g/mol. The van der Waals surface area contributed by atoms with Crippen LogP contribution in [0.3, 0.4) is 0 Å². The molecule has 0 aliphatic carbocycles. The molecule has 0 radical (unpaired) electrons. The third-order valence-corrected chi connectivity index (χ3v) is 6.72. The van der Waals surface area contributed by atoms with Crippen LogP contribution in [0.5, 0.6) is 11.5 Å². The smallest absolute Gasteiger partial charge is 0.237 e. The van der Waals surface area contributed by atoms with Gasteiger partial charge in [0.2, 0.25) is 13.2 Å². The van der Waals surface area contributed by atoms with Crippen molar-refractivity contribution in [3.63, 3.8) is 0 Å². The molecule has 0 spiro atoms. The second-order valence-electron chi connectivity index (χ2n) is 9.44. The van der Waals surface area contributed by atoms with E-state index in [1.54, 1.807) is 6.20 Å². The van der Waals surface area contributed by atoms with Gasteiger partial charge in [-0.3, -0.25) is 14.6 Å². The number of nitrogens with zero attached hydrogens (tertiary/aromatic N) is 1. The van der Waals surface area contributed by atoms with Gasteiger partial charge in [-0.2, -0.15) is 0 Å². The predicted molar refractivity (Wildman–Crippen MR) is 150 cm³/mol. The van der Waals surface area contributed by atoms with Gasteiger partial charge < -0.3 is 36.3 Å². The lowest BCUT2D eigenvalue weighted by atomic mass is 10.0. The van der Waals surface area contributed by atoms with Gasteiger partial charge >= 0.3 is 0 Å². The molecule has 2 amide bonds. The van der Waals surface area contributed by atoms with Gasteiger partial charge in [0.05, 0.1) is 43.0 Å². The number of nitrogens with two attached hydrogens (primary N) is 1. The first kappa shape index (κ1) is 26.7. The Morgan fingerprint density at radius 1 is 1.18 bits per heavy atom. The van der Waals surface area contributed by atoms with E-state index in [2.05, 4.69) is 33.0 Å². The SMILES string of the molecule is [2H]O[C@H]1CN[C@H](C(=O)NCc2cccc(Nc3c(CC(N)=O)cnc4cc(OCC)c(OCC)cc34)c2CC)C1. The summed E-state index contributed by atoms with van der Waals surface area (Å²) in [5.74, 6) is 0.592. The van der Waals surface area contributed by atoms with Gasteiger partial charge in [-0.15, -0.1) is 0 Å². The van der Waals surface area contributed by atoms with Crippen LogP contribution in [0, 0.1) is 0 Å². The van der Waals surface area contributed by atoms with E-state index in [0.29, 0.717) is 67.4 Å². The van der Waals surface area contributed by atoms with E-state index in [4.69, 9.17) is 16.6 Å². The van der Waals surface area contributed by atoms with Gasteiger partial charge in [0.15, 0.2) is 11.5 Å². The van der Waals surface area contributed by atoms with Crippen LogP contribution in [0.15, 0.2) is 36.5 Å². The maximum Gasteiger partial charge on any atom is 0.237 e. The van der Waals surface area contributed by atoms with Crippen LogP contribution in [0.4, 0.5) is 11.4 Å². The van der Waals surface area contributed by atoms with Crippen molar-refractivity contribution in [2.24, 2.45) is 5.73 Å². The van der Waals surface area contributed by atoms with Crippen LogP contribution < -0.4 is 31.2 Å². The van der Waals surface area contributed by atoms with Gasteiger partial charge in [-0.05, 0) is 49.9 Å². The number of aliphatic hydroxyl groups is 1. The number of carbonyl (C=O) groups is 2. The first-order chi connectivity index (χ1) is 19.4. The predicted octanol–water partition coefficient (Wildman–Crippen LogP) is 2.71. The Hall–Kier alpha value is -3.89. The number of anilines is 2. The number of hydrogen-bond acceptors (Lipinski definition) is 8. The molecule has 1 aliphatic rings. The van der Waals surface area contributed by atoms with E-state index >= 15 is 0 Å². The molecular formula is C29H37N5O5. The highest BCUT2D eigenvalue weighted by Crippen LogP contribution is 2.38. The van der Waals surface area contributed by atoms with Crippen molar-refractivity contribution >= 4 is 34.1 Å². The summed E-state index contributed by atoms with van der Waals surface area (Å²) in [7, 11) is 0. The zero-order chi connectivity index (χ0) is 28.6. The first-order valence-electron chi connectivity index (χ1n) is 13.8. The standard InChI is InChI=1S/C29H37N5O5/c1-4-20-17(14-33-29(37)24-11-19(35)16-32-24)8-7-9-22(20)34-28-18(10-27(30)36)15-31-23-13-26(39-6-3)25(38-5-2)12-21(23)28/h7-9,12-13,15,19,24,32,35H,4-6,10-11,14,16H2,1-3H3,(H2,30,36)(H,31,34)(H,33,37)/t19-,24+/m1/s1/i35D. The number of primary amides is 1. The molecule has 2 atom stereocenters. The van der Waals surface area contributed by atoms with Crippen molar-refractivity contribution in [1.29, 1.82) is 1.43 Å². The van der Waals surface area contributed by atoms with Gasteiger partial charge in [0.1, 0.15) is 0 Å². The minimum Gasteiger partial charge on any atom is -0.490 e. The lowest BCUT2D eigenvalue weighted by Gasteiger charge is -2.20. The first-order valence-corrected chi connectivity index (χ1v) is 13.4. The quantitative estimate of drug-likeness (QED) is 0.224. The van der Waals surface area contributed by atoms with Crippen molar-refractivity contribution in [1.82, 2.24) is 15.6 Å². The number of benzene rings is 2. The fourth-order valence-electron chi connectivity index (χ4n) is 4.93. The van der Waals surface area contributed by atoms with E-state index < -0.39 is 5.91 Å². The summed E-state index contributed by atoms with van der Waals surface area (Å²) in [6, 6.07) is 9.21. The van der Waals surface area contributed by atoms with Crippen molar-refractivity contribution in [2.75, 3.05) is 25.1 Å². The molecule has 1 fully saturated rings. The maximum atomic E-state index is 12.7. The largest absolute Gasteiger partial charge is 0.490 e. The third kappa shape index (κ3) is 6.58.